The molecule has 1 unspecified atom stereocenters. The number of ether oxygens (including phenoxy) is 1. The van der Waals surface area contributed by atoms with Crippen molar-refractivity contribution in [2.75, 3.05) is 13.7 Å². The average Bonchev–Trinajstić information content (AvgIpc) is 2.86. The number of rotatable bonds is 9. The highest BCUT2D eigenvalue weighted by Crippen LogP contribution is 2.25. The zero-order valence-corrected chi connectivity index (χ0v) is 20.2. The van der Waals surface area contributed by atoms with Crippen LogP contribution in [0, 0.1) is 0 Å². The molecule has 0 heterocycles. The van der Waals surface area contributed by atoms with Gasteiger partial charge in [-0.05, 0) is 59.2 Å². The molecule has 0 spiro atoms. The molecule has 170 valence electrons. The summed E-state index contributed by atoms with van der Waals surface area (Å²) < 4.78 is 5.18. The van der Waals surface area contributed by atoms with Crippen LogP contribution < -0.4 is 10.1 Å². The fraction of sp³-hybridized carbons (Fsp3) is 0.345. The molecule has 0 aliphatic rings. The van der Waals surface area contributed by atoms with Gasteiger partial charge in [-0.2, -0.15) is 0 Å². The molecule has 3 aromatic carbocycles. The number of carbonyl (C=O) groups excluding carboxylic acids is 1. The predicted molar refractivity (Wildman–Crippen MR) is 136 cm³/mol. The summed E-state index contributed by atoms with van der Waals surface area (Å²) in [6, 6.07) is 24.7. The Balaban J connectivity index is 0.00000176. The van der Waals surface area contributed by atoms with Crippen molar-refractivity contribution in [3.8, 4) is 16.9 Å². The molecule has 0 saturated heterocycles. The minimum Gasteiger partial charge on any atom is -0.497 e. The van der Waals surface area contributed by atoms with Crippen LogP contribution in [0.1, 0.15) is 67.9 Å². The average molecular weight is 432 g/mol. The quantitative estimate of drug-likeness (QED) is 0.387. The zero-order chi connectivity index (χ0) is 23.3. The van der Waals surface area contributed by atoms with Crippen molar-refractivity contribution in [1.82, 2.24) is 5.32 Å². The summed E-state index contributed by atoms with van der Waals surface area (Å²) in [5.41, 5.74) is 5.68. The van der Waals surface area contributed by atoms with Gasteiger partial charge in [0.1, 0.15) is 5.75 Å². The van der Waals surface area contributed by atoms with Gasteiger partial charge in [-0.1, -0.05) is 88.7 Å². The number of methoxy groups -OCH3 is 1. The molecule has 32 heavy (non-hydrogen) atoms. The van der Waals surface area contributed by atoms with Crippen LogP contribution in [0.4, 0.5) is 0 Å². The normalized spacial score (nSPS) is 11.2. The van der Waals surface area contributed by atoms with Gasteiger partial charge in [-0.3, -0.25) is 4.79 Å². The summed E-state index contributed by atoms with van der Waals surface area (Å²) in [7, 11) is 1.60. The third-order valence-electron chi connectivity index (χ3n) is 5.52. The second-order valence-electron chi connectivity index (χ2n) is 7.75. The lowest BCUT2D eigenvalue weighted by Crippen LogP contribution is -2.25. The van der Waals surface area contributed by atoms with Crippen molar-refractivity contribution in [2.24, 2.45) is 0 Å². The Morgan fingerprint density at radius 3 is 2.16 bits per heavy atom. The molecule has 0 bridgehead atoms. The molecule has 3 nitrogen and oxygen atoms in total. The summed E-state index contributed by atoms with van der Waals surface area (Å²) >= 11 is 0. The smallest absolute Gasteiger partial charge is 0.251 e. The number of hydrogen-bond donors (Lipinski definition) is 1. The maximum absolute atomic E-state index is 12.3. The minimum atomic E-state index is -0.0806. The van der Waals surface area contributed by atoms with Crippen molar-refractivity contribution in [1.29, 1.82) is 0 Å². The van der Waals surface area contributed by atoms with Gasteiger partial charge in [0.15, 0.2) is 0 Å². The van der Waals surface area contributed by atoms with Crippen molar-refractivity contribution < 1.29 is 9.53 Å². The van der Waals surface area contributed by atoms with E-state index in [9.17, 15) is 4.79 Å². The van der Waals surface area contributed by atoms with Gasteiger partial charge in [0.05, 0.1) is 7.11 Å². The SMILES string of the molecule is CC.CCCC(C)c1ccc(-c2ccc(CCNC(=O)c3cccc(OC)c3)cc2)cc1. The summed E-state index contributed by atoms with van der Waals surface area (Å²) in [6.07, 6.45) is 3.23. The number of benzene rings is 3. The standard InChI is InChI=1S/C27H31NO2.C2H6/c1-4-6-20(2)22-13-15-24(16-14-22)23-11-9-21(10-12-23)17-18-28-27(29)25-7-5-8-26(19-25)30-3;1-2/h5,7-16,19-20H,4,6,17-18H2,1-3H3,(H,28,29);1-2H3. The van der Waals surface area contributed by atoms with E-state index in [0.717, 1.165) is 6.42 Å². The maximum atomic E-state index is 12.3. The van der Waals surface area contributed by atoms with Gasteiger partial charge >= 0.3 is 0 Å². The van der Waals surface area contributed by atoms with Crippen LogP contribution in [-0.2, 0) is 6.42 Å². The van der Waals surface area contributed by atoms with Crippen molar-refractivity contribution >= 4 is 5.91 Å². The number of hydrogen-bond acceptors (Lipinski definition) is 2. The van der Waals surface area contributed by atoms with Gasteiger partial charge in [0, 0.05) is 12.1 Å². The van der Waals surface area contributed by atoms with E-state index in [0.29, 0.717) is 23.8 Å². The van der Waals surface area contributed by atoms with E-state index in [-0.39, 0.29) is 5.91 Å². The van der Waals surface area contributed by atoms with Crippen LogP contribution in [0.25, 0.3) is 11.1 Å². The fourth-order valence-corrected chi connectivity index (χ4v) is 3.65. The minimum absolute atomic E-state index is 0.0806. The van der Waals surface area contributed by atoms with Crippen LogP contribution in [0.5, 0.6) is 5.75 Å². The van der Waals surface area contributed by atoms with E-state index >= 15 is 0 Å². The van der Waals surface area contributed by atoms with E-state index in [1.165, 1.54) is 35.1 Å². The third-order valence-corrected chi connectivity index (χ3v) is 5.52. The molecule has 0 aliphatic carbocycles. The van der Waals surface area contributed by atoms with Gasteiger partial charge in [0.2, 0.25) is 0 Å². The first-order valence-corrected chi connectivity index (χ1v) is 11.7. The first-order valence-electron chi connectivity index (χ1n) is 11.7. The summed E-state index contributed by atoms with van der Waals surface area (Å²) in [6.45, 7) is 9.12. The van der Waals surface area contributed by atoms with E-state index in [1.807, 2.05) is 26.0 Å². The highest BCUT2D eigenvalue weighted by Gasteiger charge is 2.07. The Bertz CT molecular complexity index is 946. The van der Waals surface area contributed by atoms with Gasteiger partial charge in [0.25, 0.3) is 5.91 Å². The molecule has 0 aromatic heterocycles. The van der Waals surface area contributed by atoms with Crippen molar-refractivity contribution in [3.63, 3.8) is 0 Å². The molecule has 1 amide bonds. The van der Waals surface area contributed by atoms with Crippen molar-refractivity contribution in [3.05, 3.63) is 89.5 Å². The molecule has 0 aliphatic heterocycles. The lowest BCUT2D eigenvalue weighted by atomic mass is 9.94. The molecule has 1 atom stereocenters. The number of carbonyl (C=O) groups is 1. The first kappa shape index (κ1) is 25.2. The monoisotopic (exact) mass is 431 g/mol. The molecule has 0 saturated carbocycles. The van der Waals surface area contributed by atoms with Crippen LogP contribution in [0.15, 0.2) is 72.8 Å². The lowest BCUT2D eigenvalue weighted by molar-refractivity contribution is 0.0954. The molecular weight excluding hydrogens is 394 g/mol. The fourth-order valence-electron chi connectivity index (χ4n) is 3.65. The second kappa shape index (κ2) is 13.4. The maximum Gasteiger partial charge on any atom is 0.251 e. The molecule has 0 radical (unpaired) electrons. The Labute approximate surface area is 193 Å². The molecule has 1 N–H and O–H groups in total. The van der Waals surface area contributed by atoms with Crippen molar-refractivity contribution in [2.45, 2.75) is 52.9 Å². The van der Waals surface area contributed by atoms with E-state index < -0.39 is 0 Å². The predicted octanol–water partition coefficient (Wildman–Crippen LogP) is 7.26. The highest BCUT2D eigenvalue weighted by molar-refractivity contribution is 5.94. The first-order chi connectivity index (χ1) is 15.6. The summed E-state index contributed by atoms with van der Waals surface area (Å²) in [4.78, 5) is 12.3. The number of nitrogens with one attached hydrogen (secondary N) is 1. The Morgan fingerprint density at radius 2 is 1.56 bits per heavy atom. The van der Waals surface area contributed by atoms with Crippen LogP contribution >= 0.6 is 0 Å². The molecule has 0 fully saturated rings. The Morgan fingerprint density at radius 1 is 0.938 bits per heavy atom. The summed E-state index contributed by atoms with van der Waals surface area (Å²) in [5.74, 6) is 1.22. The largest absolute Gasteiger partial charge is 0.497 e. The number of amides is 1. The lowest BCUT2D eigenvalue weighted by Gasteiger charge is -2.11. The van der Waals surface area contributed by atoms with E-state index in [4.69, 9.17) is 4.74 Å². The van der Waals surface area contributed by atoms with Crippen LogP contribution in [-0.4, -0.2) is 19.6 Å². The topological polar surface area (TPSA) is 38.3 Å². The van der Waals surface area contributed by atoms with Gasteiger partial charge < -0.3 is 10.1 Å². The van der Waals surface area contributed by atoms with Crippen LogP contribution in [0.3, 0.4) is 0 Å². The van der Waals surface area contributed by atoms with Gasteiger partial charge in [-0.15, -0.1) is 0 Å². The Hall–Kier alpha value is -3.07. The van der Waals surface area contributed by atoms with E-state index in [1.54, 1.807) is 19.2 Å². The molecule has 3 heteroatoms. The molecule has 3 aromatic rings. The Kier molecular flexibility index (Phi) is 10.5. The highest BCUT2D eigenvalue weighted by atomic mass is 16.5. The summed E-state index contributed by atoms with van der Waals surface area (Å²) in [5, 5.41) is 2.98. The molecular formula is C29H37NO2. The third kappa shape index (κ3) is 7.26. The molecule has 3 rings (SSSR count). The van der Waals surface area contributed by atoms with Crippen LogP contribution in [0.2, 0.25) is 0 Å². The zero-order valence-electron chi connectivity index (χ0n) is 20.2. The van der Waals surface area contributed by atoms with Gasteiger partial charge in [-0.25, -0.2) is 0 Å². The van der Waals surface area contributed by atoms with E-state index in [2.05, 4.69) is 67.7 Å². The second-order valence-corrected chi connectivity index (χ2v) is 7.75.